The molecule has 158 valence electrons. The van der Waals surface area contributed by atoms with E-state index in [-0.39, 0.29) is 0 Å². The van der Waals surface area contributed by atoms with Crippen molar-refractivity contribution in [2.24, 2.45) is 0 Å². The van der Waals surface area contributed by atoms with E-state index >= 15 is 0 Å². The molecule has 4 heterocycles. The largest absolute Gasteiger partial charge is 0.328 e. The molecule has 0 aliphatic rings. The molecule has 0 spiro atoms. The van der Waals surface area contributed by atoms with Gasteiger partial charge in [-0.1, -0.05) is 13.8 Å². The summed E-state index contributed by atoms with van der Waals surface area (Å²) in [6, 6.07) is 2.13. The average molecular weight is 425 g/mol. The number of hydrogen-bond acceptors (Lipinski definition) is 7. The summed E-state index contributed by atoms with van der Waals surface area (Å²) in [7, 11) is 0. The summed E-state index contributed by atoms with van der Waals surface area (Å²) in [5.74, 6) is 0.735. The highest BCUT2D eigenvalue weighted by Gasteiger charge is 2.14. The molecular formula is C21H28N8S. The van der Waals surface area contributed by atoms with Crippen molar-refractivity contribution in [3.8, 4) is 11.3 Å². The Kier molecular flexibility index (Phi) is 6.39. The first-order chi connectivity index (χ1) is 14.7. The smallest absolute Gasteiger partial charge is 0.180 e. The number of imidazole rings is 1. The molecular weight excluding hydrogens is 396 g/mol. The van der Waals surface area contributed by atoms with Crippen LogP contribution in [0.5, 0.6) is 0 Å². The fourth-order valence-electron chi connectivity index (χ4n) is 3.64. The van der Waals surface area contributed by atoms with Gasteiger partial charge in [-0.2, -0.15) is 9.47 Å². The Morgan fingerprint density at radius 3 is 2.73 bits per heavy atom. The maximum absolute atomic E-state index is 4.68. The van der Waals surface area contributed by atoms with Gasteiger partial charge in [-0.15, -0.1) is 0 Å². The third-order valence-corrected chi connectivity index (χ3v) is 5.71. The van der Waals surface area contributed by atoms with E-state index in [1.165, 1.54) is 24.4 Å². The lowest BCUT2D eigenvalue weighted by atomic mass is 10.2. The summed E-state index contributed by atoms with van der Waals surface area (Å²) in [5.41, 5.74) is 4.77. The van der Waals surface area contributed by atoms with Crippen LogP contribution in [0.1, 0.15) is 38.1 Å². The molecule has 0 amide bonds. The van der Waals surface area contributed by atoms with E-state index in [2.05, 4.69) is 54.7 Å². The highest BCUT2D eigenvalue weighted by atomic mass is 32.1. The number of aryl methyl sites for hydroxylation is 1. The van der Waals surface area contributed by atoms with E-state index in [1.807, 2.05) is 29.9 Å². The molecule has 0 saturated heterocycles. The van der Waals surface area contributed by atoms with Gasteiger partial charge in [0.25, 0.3) is 0 Å². The molecule has 0 saturated carbocycles. The van der Waals surface area contributed by atoms with Crippen LogP contribution in [0.4, 0.5) is 10.8 Å². The molecule has 0 unspecified atom stereocenters. The Hall–Kier alpha value is -2.78. The normalized spacial score (nSPS) is 11.6. The Morgan fingerprint density at radius 2 is 2.00 bits per heavy atom. The number of hydrogen-bond donors (Lipinski definition) is 2. The second kappa shape index (κ2) is 9.36. The minimum Gasteiger partial charge on any atom is -0.328 e. The maximum Gasteiger partial charge on any atom is 0.180 e. The average Bonchev–Trinajstić information content (AvgIpc) is 3.47. The molecule has 0 fully saturated rings. The molecule has 4 aromatic rings. The highest BCUT2D eigenvalue weighted by Crippen LogP contribution is 2.27. The molecule has 30 heavy (non-hydrogen) atoms. The predicted molar refractivity (Wildman–Crippen MR) is 121 cm³/mol. The monoisotopic (exact) mass is 424 g/mol. The zero-order valence-electron chi connectivity index (χ0n) is 17.7. The summed E-state index contributed by atoms with van der Waals surface area (Å²) in [6.07, 6.45) is 10.8. The van der Waals surface area contributed by atoms with Crippen LogP contribution in [0, 0.1) is 6.92 Å². The van der Waals surface area contributed by atoms with Crippen LogP contribution < -0.4 is 5.32 Å². The van der Waals surface area contributed by atoms with Gasteiger partial charge in [0, 0.05) is 30.9 Å². The standard InChI is InChI=1S/C21H28N8S/c1-4-7-28(8-5-2)9-6-17-10-19(30-27-17)26-20-21-22-13-18(16-11-23-24-12-16)29(21)14-15(3)25-20/h10-14H,4-9H2,1-3H3,(H,23,24)(H,25,26). The molecule has 0 atom stereocenters. The lowest BCUT2D eigenvalue weighted by Crippen LogP contribution is -2.27. The third kappa shape index (κ3) is 4.52. The zero-order valence-corrected chi connectivity index (χ0v) is 18.5. The molecule has 4 aromatic heterocycles. The quantitative estimate of drug-likeness (QED) is 0.395. The van der Waals surface area contributed by atoms with Crippen LogP contribution in [0.2, 0.25) is 0 Å². The SMILES string of the molecule is CCCN(CCC)CCc1cc(Nc2nc(C)cn3c(-c4cn[nH]c4)cnc23)sn1. The first kappa shape index (κ1) is 20.5. The lowest BCUT2D eigenvalue weighted by molar-refractivity contribution is 0.277. The van der Waals surface area contributed by atoms with E-state index < -0.39 is 0 Å². The number of rotatable bonds is 10. The molecule has 0 aromatic carbocycles. The summed E-state index contributed by atoms with van der Waals surface area (Å²) in [4.78, 5) is 11.8. The molecule has 8 nitrogen and oxygen atoms in total. The van der Waals surface area contributed by atoms with Crippen LogP contribution in [-0.4, -0.2) is 53.5 Å². The van der Waals surface area contributed by atoms with Gasteiger partial charge in [-0.05, 0) is 50.5 Å². The van der Waals surface area contributed by atoms with E-state index in [4.69, 9.17) is 0 Å². The Bertz CT molecular complexity index is 1080. The topological polar surface area (TPSA) is 87.0 Å². The fourth-order valence-corrected chi connectivity index (χ4v) is 4.33. The van der Waals surface area contributed by atoms with Crippen LogP contribution in [0.3, 0.4) is 0 Å². The van der Waals surface area contributed by atoms with Crippen molar-refractivity contribution in [2.45, 2.75) is 40.0 Å². The van der Waals surface area contributed by atoms with Gasteiger partial charge in [-0.3, -0.25) is 9.50 Å². The molecule has 0 bridgehead atoms. The van der Waals surface area contributed by atoms with Gasteiger partial charge >= 0.3 is 0 Å². The van der Waals surface area contributed by atoms with Gasteiger partial charge in [0.2, 0.25) is 0 Å². The second-order valence-electron chi connectivity index (χ2n) is 7.45. The summed E-state index contributed by atoms with van der Waals surface area (Å²) in [6.45, 7) is 9.79. The lowest BCUT2D eigenvalue weighted by Gasteiger charge is -2.20. The highest BCUT2D eigenvalue weighted by molar-refractivity contribution is 7.10. The van der Waals surface area contributed by atoms with Gasteiger partial charge in [0.1, 0.15) is 5.00 Å². The van der Waals surface area contributed by atoms with E-state index in [1.54, 1.807) is 6.20 Å². The zero-order chi connectivity index (χ0) is 20.9. The van der Waals surface area contributed by atoms with Crippen LogP contribution in [-0.2, 0) is 6.42 Å². The van der Waals surface area contributed by atoms with E-state index in [0.29, 0.717) is 0 Å². The van der Waals surface area contributed by atoms with Gasteiger partial charge in [0.15, 0.2) is 11.5 Å². The van der Waals surface area contributed by atoms with Crippen LogP contribution in [0.25, 0.3) is 16.9 Å². The summed E-state index contributed by atoms with van der Waals surface area (Å²) >= 11 is 1.47. The van der Waals surface area contributed by atoms with Crippen molar-refractivity contribution >= 4 is 28.0 Å². The number of aromatic nitrogens is 6. The Morgan fingerprint density at radius 1 is 1.17 bits per heavy atom. The first-order valence-corrected chi connectivity index (χ1v) is 11.2. The number of aromatic amines is 1. The molecule has 0 radical (unpaired) electrons. The molecule has 0 aliphatic carbocycles. The van der Waals surface area contributed by atoms with Crippen LogP contribution in [0.15, 0.2) is 30.9 Å². The third-order valence-electron chi connectivity index (χ3n) is 4.97. The minimum absolute atomic E-state index is 0.735. The molecule has 9 heteroatoms. The van der Waals surface area contributed by atoms with E-state index in [0.717, 1.165) is 65.2 Å². The number of H-pyrrole nitrogens is 1. The second-order valence-corrected chi connectivity index (χ2v) is 8.26. The van der Waals surface area contributed by atoms with Gasteiger partial charge in [0.05, 0.1) is 29.5 Å². The molecule has 4 rings (SSSR count). The number of fused-ring (bicyclic) bond motifs is 1. The minimum atomic E-state index is 0.735. The van der Waals surface area contributed by atoms with Crippen molar-refractivity contribution < 1.29 is 0 Å². The van der Waals surface area contributed by atoms with Gasteiger partial charge < -0.3 is 10.2 Å². The molecule has 2 N–H and O–H groups in total. The van der Waals surface area contributed by atoms with Crippen molar-refractivity contribution in [3.05, 3.63) is 42.2 Å². The Labute approximate surface area is 180 Å². The van der Waals surface area contributed by atoms with Crippen molar-refractivity contribution in [1.29, 1.82) is 0 Å². The summed E-state index contributed by atoms with van der Waals surface area (Å²) in [5, 5.41) is 11.3. The van der Waals surface area contributed by atoms with Crippen molar-refractivity contribution in [1.82, 2.24) is 33.8 Å². The van der Waals surface area contributed by atoms with Crippen molar-refractivity contribution in [2.75, 3.05) is 25.0 Å². The Balaban J connectivity index is 1.51. The predicted octanol–water partition coefficient (Wildman–Crippen LogP) is 4.29. The van der Waals surface area contributed by atoms with Crippen molar-refractivity contribution in [3.63, 3.8) is 0 Å². The van der Waals surface area contributed by atoms with Crippen LogP contribution >= 0.6 is 11.5 Å². The number of nitrogens with one attached hydrogen (secondary N) is 2. The fraction of sp³-hybridized carbons (Fsp3) is 0.429. The molecule has 0 aliphatic heterocycles. The summed E-state index contributed by atoms with van der Waals surface area (Å²) < 4.78 is 6.68. The van der Waals surface area contributed by atoms with E-state index in [9.17, 15) is 0 Å². The number of anilines is 2. The number of nitrogens with zero attached hydrogens (tertiary/aromatic N) is 6. The van der Waals surface area contributed by atoms with Gasteiger partial charge in [-0.25, -0.2) is 9.97 Å². The maximum atomic E-state index is 4.68. The first-order valence-electron chi connectivity index (χ1n) is 10.5.